The van der Waals surface area contributed by atoms with Gasteiger partial charge < -0.3 is 14.5 Å². The third-order valence-electron chi connectivity index (χ3n) is 5.57. The minimum atomic E-state index is -0.498. The lowest BCUT2D eigenvalue weighted by atomic mass is 9.79. The molecule has 1 N–H and O–H groups in total. The van der Waals surface area contributed by atoms with Gasteiger partial charge in [-0.25, -0.2) is 9.78 Å². The minimum absolute atomic E-state index is 0.136. The molecule has 5 rings (SSSR count). The Labute approximate surface area is 145 Å². The fraction of sp³-hybridized carbons (Fsp3) is 0.500. The zero-order valence-corrected chi connectivity index (χ0v) is 14.3. The number of carbonyl (C=O) groups excluding carboxylic acids is 2. The van der Waals surface area contributed by atoms with Gasteiger partial charge in [-0.1, -0.05) is 0 Å². The van der Waals surface area contributed by atoms with Crippen LogP contribution in [-0.4, -0.2) is 54.0 Å². The minimum Gasteiger partial charge on any atom is -0.465 e. The van der Waals surface area contributed by atoms with Crippen molar-refractivity contribution in [3.63, 3.8) is 0 Å². The van der Waals surface area contributed by atoms with Crippen LogP contribution in [0, 0.1) is 5.92 Å². The van der Waals surface area contributed by atoms with E-state index in [1.165, 1.54) is 19.6 Å². The summed E-state index contributed by atoms with van der Waals surface area (Å²) >= 11 is 0. The first-order valence-electron chi connectivity index (χ1n) is 8.59. The molecule has 1 amide bonds. The molecule has 3 aliphatic heterocycles. The van der Waals surface area contributed by atoms with E-state index in [0.29, 0.717) is 28.5 Å². The maximum absolute atomic E-state index is 12.7. The molecule has 132 valence electrons. The summed E-state index contributed by atoms with van der Waals surface area (Å²) in [5, 5.41) is 3.68. The van der Waals surface area contributed by atoms with Gasteiger partial charge in [-0.2, -0.15) is 0 Å². The second-order valence-corrected chi connectivity index (χ2v) is 6.82. The zero-order valence-electron chi connectivity index (χ0n) is 14.3. The topological polar surface area (TPSA) is 84.7 Å². The average Bonchev–Trinajstić information content (AvgIpc) is 3.07. The Kier molecular flexibility index (Phi) is 3.95. The smallest absolute Gasteiger partial charge is 0.341 e. The Bertz CT molecular complexity index is 821. The third-order valence-corrected chi connectivity index (χ3v) is 5.57. The van der Waals surface area contributed by atoms with Gasteiger partial charge in [0, 0.05) is 17.5 Å². The van der Waals surface area contributed by atoms with E-state index in [1.54, 1.807) is 6.07 Å². The van der Waals surface area contributed by atoms with E-state index in [1.807, 2.05) is 0 Å². The highest BCUT2D eigenvalue weighted by Crippen LogP contribution is 2.32. The molecule has 5 heterocycles. The first kappa shape index (κ1) is 16.1. The van der Waals surface area contributed by atoms with Gasteiger partial charge in [-0.05, 0) is 44.8 Å². The molecule has 7 heteroatoms. The van der Waals surface area contributed by atoms with Gasteiger partial charge in [0.15, 0.2) is 5.58 Å². The molecule has 2 atom stereocenters. The van der Waals surface area contributed by atoms with E-state index in [2.05, 4.69) is 22.1 Å². The molecule has 0 unspecified atom stereocenters. The summed E-state index contributed by atoms with van der Waals surface area (Å²) < 4.78 is 10.1. The standard InChI is InChI=1S/C18H21N3O4/c1-10-16(11-3-5-21(10)6-4-11)20-17(22)14-7-12-13(18(23)24-2)9-25-15(12)8-19-14/h7-11,16H,3-6H2,1-2H3,(H,20,22)/t10-,16-/m0/s1. The predicted molar refractivity (Wildman–Crippen MR) is 90.4 cm³/mol. The number of hydrogen-bond acceptors (Lipinski definition) is 6. The molecule has 3 saturated heterocycles. The summed E-state index contributed by atoms with van der Waals surface area (Å²) in [6, 6.07) is 2.06. The van der Waals surface area contributed by atoms with Crippen molar-refractivity contribution in [3.05, 3.63) is 29.8 Å². The van der Waals surface area contributed by atoms with Gasteiger partial charge in [-0.15, -0.1) is 0 Å². The number of aromatic nitrogens is 1. The number of nitrogens with zero attached hydrogens (tertiary/aromatic N) is 2. The molecule has 7 nitrogen and oxygen atoms in total. The van der Waals surface area contributed by atoms with Crippen LogP contribution in [0.25, 0.3) is 11.0 Å². The van der Waals surface area contributed by atoms with Crippen molar-refractivity contribution in [2.75, 3.05) is 20.2 Å². The molecule has 2 aromatic rings. The van der Waals surface area contributed by atoms with Crippen LogP contribution >= 0.6 is 0 Å². The summed E-state index contributed by atoms with van der Waals surface area (Å²) in [4.78, 5) is 31.1. The molecule has 0 aliphatic carbocycles. The van der Waals surface area contributed by atoms with Crippen molar-refractivity contribution in [1.29, 1.82) is 0 Å². The van der Waals surface area contributed by atoms with Gasteiger partial charge >= 0.3 is 5.97 Å². The van der Waals surface area contributed by atoms with E-state index in [0.717, 1.165) is 25.9 Å². The highest BCUT2D eigenvalue weighted by Gasteiger charge is 2.40. The van der Waals surface area contributed by atoms with Crippen LogP contribution in [0.5, 0.6) is 0 Å². The Hall–Kier alpha value is -2.41. The van der Waals surface area contributed by atoms with Gasteiger partial charge in [0.2, 0.25) is 0 Å². The Morgan fingerprint density at radius 3 is 2.80 bits per heavy atom. The summed E-state index contributed by atoms with van der Waals surface area (Å²) in [5.74, 6) is -0.195. The van der Waals surface area contributed by atoms with E-state index in [9.17, 15) is 9.59 Å². The molecule has 25 heavy (non-hydrogen) atoms. The molecular formula is C18H21N3O4. The fourth-order valence-electron chi connectivity index (χ4n) is 4.10. The number of nitrogens with one attached hydrogen (secondary N) is 1. The third kappa shape index (κ3) is 2.68. The van der Waals surface area contributed by atoms with Crippen LogP contribution in [-0.2, 0) is 4.74 Å². The number of pyridine rings is 1. The van der Waals surface area contributed by atoms with Crippen molar-refractivity contribution in [2.24, 2.45) is 5.92 Å². The van der Waals surface area contributed by atoms with Gasteiger partial charge in [0.05, 0.1) is 13.3 Å². The van der Waals surface area contributed by atoms with Crippen molar-refractivity contribution in [3.8, 4) is 0 Å². The predicted octanol–water partition coefficient (Wildman–Crippen LogP) is 1.83. The first-order chi connectivity index (χ1) is 12.1. The van der Waals surface area contributed by atoms with Crippen molar-refractivity contribution in [2.45, 2.75) is 31.8 Å². The number of amides is 1. The van der Waals surface area contributed by atoms with E-state index >= 15 is 0 Å². The van der Waals surface area contributed by atoms with Gasteiger partial charge in [0.25, 0.3) is 5.91 Å². The molecule has 0 radical (unpaired) electrons. The highest BCUT2D eigenvalue weighted by molar-refractivity contribution is 6.05. The van der Waals surface area contributed by atoms with E-state index < -0.39 is 5.97 Å². The number of fused-ring (bicyclic) bond motifs is 4. The normalized spacial score (nSPS) is 28.1. The van der Waals surface area contributed by atoms with E-state index in [-0.39, 0.29) is 17.6 Å². The lowest BCUT2D eigenvalue weighted by Gasteiger charge is -2.49. The first-order valence-corrected chi connectivity index (χ1v) is 8.59. The Balaban J connectivity index is 1.59. The molecule has 0 aromatic carbocycles. The van der Waals surface area contributed by atoms with Crippen molar-refractivity contribution >= 4 is 22.8 Å². The molecular weight excluding hydrogens is 322 g/mol. The van der Waals surface area contributed by atoms with Crippen LogP contribution in [0.4, 0.5) is 0 Å². The largest absolute Gasteiger partial charge is 0.465 e. The van der Waals surface area contributed by atoms with Crippen LogP contribution in [0.2, 0.25) is 0 Å². The maximum atomic E-state index is 12.7. The Morgan fingerprint density at radius 1 is 1.36 bits per heavy atom. The summed E-state index contributed by atoms with van der Waals surface area (Å²) in [7, 11) is 1.31. The second-order valence-electron chi connectivity index (χ2n) is 6.82. The zero-order chi connectivity index (χ0) is 17.6. The Morgan fingerprint density at radius 2 is 2.12 bits per heavy atom. The SMILES string of the molecule is COC(=O)c1coc2cnc(C(=O)N[C@@H]3C4CCN(CC4)[C@H]3C)cc12. The second kappa shape index (κ2) is 6.15. The molecule has 3 fully saturated rings. The van der Waals surface area contributed by atoms with Crippen LogP contribution < -0.4 is 5.32 Å². The fourth-order valence-corrected chi connectivity index (χ4v) is 4.10. The molecule has 3 aliphatic rings. The number of esters is 1. The summed E-state index contributed by atoms with van der Waals surface area (Å²) in [6.07, 6.45) is 5.04. The number of furan rings is 1. The monoisotopic (exact) mass is 343 g/mol. The number of ether oxygens (including phenoxy) is 1. The van der Waals surface area contributed by atoms with Gasteiger partial charge in [0.1, 0.15) is 17.5 Å². The van der Waals surface area contributed by atoms with E-state index in [4.69, 9.17) is 9.15 Å². The number of carbonyl (C=O) groups is 2. The molecule has 2 bridgehead atoms. The van der Waals surface area contributed by atoms with Gasteiger partial charge in [-0.3, -0.25) is 9.69 Å². The summed E-state index contributed by atoms with van der Waals surface area (Å²) in [6.45, 7) is 4.39. The quantitative estimate of drug-likeness (QED) is 0.856. The highest BCUT2D eigenvalue weighted by atomic mass is 16.5. The number of piperidine rings is 3. The van der Waals surface area contributed by atoms with Crippen LogP contribution in [0.15, 0.2) is 22.9 Å². The van der Waals surface area contributed by atoms with Crippen molar-refractivity contribution in [1.82, 2.24) is 15.2 Å². The van der Waals surface area contributed by atoms with Crippen LogP contribution in [0.3, 0.4) is 0 Å². The molecule has 0 spiro atoms. The lowest BCUT2D eigenvalue weighted by molar-refractivity contribution is 0.0216. The molecule has 0 saturated carbocycles. The molecule has 2 aromatic heterocycles. The number of rotatable bonds is 3. The maximum Gasteiger partial charge on any atom is 0.341 e. The van der Waals surface area contributed by atoms with Crippen molar-refractivity contribution < 1.29 is 18.7 Å². The summed E-state index contributed by atoms with van der Waals surface area (Å²) in [5.41, 5.74) is 1.03. The lowest BCUT2D eigenvalue weighted by Crippen LogP contribution is -2.62. The number of methoxy groups -OCH3 is 1. The average molecular weight is 343 g/mol. The number of hydrogen-bond donors (Lipinski definition) is 1. The van der Waals surface area contributed by atoms with Crippen LogP contribution in [0.1, 0.15) is 40.6 Å².